The van der Waals surface area contributed by atoms with Gasteiger partial charge in [0.15, 0.2) is 0 Å². The first-order valence-corrected chi connectivity index (χ1v) is 9.87. The number of sulfonamides is 1. The Morgan fingerprint density at radius 2 is 1.88 bits per heavy atom. The molecule has 9 heteroatoms. The van der Waals surface area contributed by atoms with E-state index in [1.165, 1.54) is 6.33 Å². The molecule has 0 amide bonds. The van der Waals surface area contributed by atoms with Crippen LogP contribution in [0.15, 0.2) is 35.6 Å². The summed E-state index contributed by atoms with van der Waals surface area (Å²) in [5, 5.41) is 7.75. The van der Waals surface area contributed by atoms with Gasteiger partial charge in [0.25, 0.3) is 0 Å². The maximum atomic E-state index is 12.9. The first-order chi connectivity index (χ1) is 12.5. The summed E-state index contributed by atoms with van der Waals surface area (Å²) in [6, 6.07) is 6.03. The zero-order valence-corrected chi connectivity index (χ0v) is 15.5. The Balaban J connectivity index is 1.53. The molecule has 0 spiro atoms. The van der Waals surface area contributed by atoms with Crippen molar-refractivity contribution in [3.63, 3.8) is 0 Å². The minimum atomic E-state index is -3.53. The van der Waals surface area contributed by atoms with E-state index in [-0.39, 0.29) is 0 Å². The van der Waals surface area contributed by atoms with Crippen LogP contribution in [0.2, 0.25) is 0 Å². The van der Waals surface area contributed by atoms with E-state index in [0.717, 1.165) is 16.6 Å². The van der Waals surface area contributed by atoms with Crippen molar-refractivity contribution in [2.75, 3.05) is 31.1 Å². The number of nitrogens with one attached hydrogen (secondary N) is 1. The molecule has 1 saturated heterocycles. The normalized spacial score (nSPS) is 16.3. The van der Waals surface area contributed by atoms with E-state index in [1.807, 2.05) is 18.2 Å². The van der Waals surface area contributed by atoms with Gasteiger partial charge in [0.2, 0.25) is 10.0 Å². The SMILES string of the molecule is Cc1n[nH]c(C)c1S(=O)(=O)N1CCN(c2ccc3ncncc3c2)CC1. The highest BCUT2D eigenvalue weighted by atomic mass is 32.2. The van der Waals surface area contributed by atoms with Gasteiger partial charge in [-0.15, -0.1) is 0 Å². The van der Waals surface area contributed by atoms with Gasteiger partial charge < -0.3 is 4.90 Å². The Morgan fingerprint density at radius 3 is 2.58 bits per heavy atom. The lowest BCUT2D eigenvalue weighted by Crippen LogP contribution is -2.48. The number of hydrogen-bond donors (Lipinski definition) is 1. The number of nitrogens with zero attached hydrogens (tertiary/aromatic N) is 5. The number of fused-ring (bicyclic) bond motifs is 1. The van der Waals surface area contributed by atoms with Crippen molar-refractivity contribution in [1.29, 1.82) is 0 Å². The molecular weight excluding hydrogens is 352 g/mol. The molecule has 1 aliphatic rings. The van der Waals surface area contributed by atoms with Crippen LogP contribution in [0.3, 0.4) is 0 Å². The Bertz CT molecular complexity index is 1030. The van der Waals surface area contributed by atoms with Crippen molar-refractivity contribution < 1.29 is 8.42 Å². The predicted molar refractivity (Wildman–Crippen MR) is 98.6 cm³/mol. The second kappa shape index (κ2) is 6.33. The molecule has 4 rings (SSSR count). The molecule has 26 heavy (non-hydrogen) atoms. The summed E-state index contributed by atoms with van der Waals surface area (Å²) in [6.45, 7) is 5.60. The van der Waals surface area contributed by atoms with Crippen molar-refractivity contribution in [1.82, 2.24) is 24.5 Å². The van der Waals surface area contributed by atoms with Crippen LogP contribution >= 0.6 is 0 Å². The molecule has 1 aliphatic heterocycles. The minimum absolute atomic E-state index is 0.300. The lowest BCUT2D eigenvalue weighted by atomic mass is 10.2. The minimum Gasteiger partial charge on any atom is -0.369 e. The molecule has 0 aliphatic carbocycles. The van der Waals surface area contributed by atoms with Crippen LogP contribution in [0.1, 0.15) is 11.4 Å². The smallest absolute Gasteiger partial charge is 0.246 e. The molecule has 1 aromatic carbocycles. The predicted octanol–water partition coefficient (Wildman–Crippen LogP) is 1.48. The third kappa shape index (κ3) is 2.82. The van der Waals surface area contributed by atoms with E-state index in [9.17, 15) is 8.42 Å². The Morgan fingerprint density at radius 1 is 1.12 bits per heavy atom. The van der Waals surface area contributed by atoms with Crippen molar-refractivity contribution in [2.24, 2.45) is 0 Å². The highest BCUT2D eigenvalue weighted by Crippen LogP contribution is 2.25. The number of rotatable bonds is 3. The highest BCUT2D eigenvalue weighted by molar-refractivity contribution is 7.89. The fraction of sp³-hybridized carbons (Fsp3) is 0.353. The summed E-state index contributed by atoms with van der Waals surface area (Å²) >= 11 is 0. The number of aryl methyl sites for hydroxylation is 2. The van der Waals surface area contributed by atoms with Crippen LogP contribution in [0.5, 0.6) is 0 Å². The standard InChI is InChI=1S/C17H20N6O2S/c1-12-17(13(2)21-20-12)26(24,25)23-7-5-22(6-8-23)15-3-4-16-14(9-15)10-18-11-19-16/h3-4,9-11H,5-8H2,1-2H3,(H,20,21). The second-order valence-electron chi connectivity index (χ2n) is 6.42. The van der Waals surface area contributed by atoms with E-state index in [2.05, 4.69) is 25.1 Å². The fourth-order valence-corrected chi connectivity index (χ4v) is 5.16. The fourth-order valence-electron chi connectivity index (χ4n) is 3.41. The van der Waals surface area contributed by atoms with Crippen LogP contribution in [-0.2, 0) is 10.0 Å². The highest BCUT2D eigenvalue weighted by Gasteiger charge is 2.32. The van der Waals surface area contributed by atoms with Gasteiger partial charge in [0.1, 0.15) is 11.2 Å². The first kappa shape index (κ1) is 16.9. The van der Waals surface area contributed by atoms with Crippen molar-refractivity contribution >= 4 is 26.6 Å². The van der Waals surface area contributed by atoms with Gasteiger partial charge >= 0.3 is 0 Å². The monoisotopic (exact) mass is 372 g/mol. The molecule has 3 aromatic rings. The van der Waals surface area contributed by atoms with Crippen molar-refractivity contribution in [3.8, 4) is 0 Å². The Kier molecular flexibility index (Phi) is 4.12. The number of benzene rings is 1. The molecule has 0 atom stereocenters. The van der Waals surface area contributed by atoms with Gasteiger partial charge in [-0.2, -0.15) is 9.40 Å². The summed E-state index contributed by atoms with van der Waals surface area (Å²) in [5.41, 5.74) is 3.05. The third-order valence-corrected chi connectivity index (χ3v) is 6.91. The largest absolute Gasteiger partial charge is 0.369 e. The third-order valence-electron chi connectivity index (χ3n) is 4.75. The van der Waals surface area contributed by atoms with Gasteiger partial charge in [0.05, 0.1) is 16.9 Å². The van der Waals surface area contributed by atoms with Crippen LogP contribution in [0, 0.1) is 13.8 Å². The summed E-state index contributed by atoms with van der Waals surface area (Å²) < 4.78 is 27.4. The van der Waals surface area contributed by atoms with Gasteiger partial charge in [-0.25, -0.2) is 18.4 Å². The average molecular weight is 372 g/mol. The number of hydrogen-bond acceptors (Lipinski definition) is 6. The average Bonchev–Trinajstić information content (AvgIpc) is 3.00. The van der Waals surface area contributed by atoms with Gasteiger partial charge in [-0.1, -0.05) is 0 Å². The topological polar surface area (TPSA) is 95.1 Å². The van der Waals surface area contributed by atoms with Gasteiger partial charge in [-0.05, 0) is 32.0 Å². The summed E-state index contributed by atoms with van der Waals surface area (Å²) in [4.78, 5) is 10.8. The Hall–Kier alpha value is -2.52. The van der Waals surface area contributed by atoms with E-state index in [1.54, 1.807) is 24.3 Å². The summed E-state index contributed by atoms with van der Waals surface area (Å²) in [6.07, 6.45) is 3.32. The number of aromatic amines is 1. The van der Waals surface area contributed by atoms with Crippen molar-refractivity contribution in [3.05, 3.63) is 42.1 Å². The zero-order valence-electron chi connectivity index (χ0n) is 14.7. The molecule has 8 nitrogen and oxygen atoms in total. The van der Waals surface area contributed by atoms with E-state index >= 15 is 0 Å². The zero-order chi connectivity index (χ0) is 18.3. The molecule has 2 aromatic heterocycles. The van der Waals surface area contributed by atoms with E-state index in [0.29, 0.717) is 42.5 Å². The van der Waals surface area contributed by atoms with Crippen molar-refractivity contribution in [2.45, 2.75) is 18.7 Å². The number of anilines is 1. The van der Waals surface area contributed by atoms with Gasteiger partial charge in [-0.3, -0.25) is 5.10 Å². The summed E-state index contributed by atoms with van der Waals surface area (Å²) in [7, 11) is -3.53. The molecule has 1 N–H and O–H groups in total. The molecule has 3 heterocycles. The quantitative estimate of drug-likeness (QED) is 0.748. The van der Waals surface area contributed by atoms with Crippen LogP contribution in [0.4, 0.5) is 5.69 Å². The van der Waals surface area contributed by atoms with Crippen LogP contribution < -0.4 is 4.90 Å². The Labute approximate surface area is 151 Å². The lowest BCUT2D eigenvalue weighted by molar-refractivity contribution is 0.384. The molecule has 136 valence electrons. The molecule has 0 bridgehead atoms. The van der Waals surface area contributed by atoms with E-state index < -0.39 is 10.0 Å². The van der Waals surface area contributed by atoms with Crippen LogP contribution in [-0.4, -0.2) is 59.1 Å². The number of aromatic nitrogens is 4. The maximum absolute atomic E-state index is 12.9. The summed E-state index contributed by atoms with van der Waals surface area (Å²) in [5.74, 6) is 0. The van der Waals surface area contributed by atoms with Gasteiger partial charge in [0, 0.05) is 43.4 Å². The maximum Gasteiger partial charge on any atom is 0.246 e. The number of H-pyrrole nitrogens is 1. The second-order valence-corrected chi connectivity index (χ2v) is 8.29. The van der Waals surface area contributed by atoms with Crippen LogP contribution in [0.25, 0.3) is 10.9 Å². The molecular formula is C17H20N6O2S. The lowest BCUT2D eigenvalue weighted by Gasteiger charge is -2.35. The first-order valence-electron chi connectivity index (χ1n) is 8.43. The molecule has 0 unspecified atom stereocenters. The van der Waals surface area contributed by atoms with E-state index in [4.69, 9.17) is 0 Å². The molecule has 0 radical (unpaired) electrons. The molecule has 0 saturated carbocycles. The number of piperazine rings is 1. The molecule has 1 fully saturated rings.